The monoisotopic (exact) mass is 306 g/mol. The zero-order valence-corrected chi connectivity index (χ0v) is 11.3. The fourth-order valence-corrected chi connectivity index (χ4v) is 4.00. The van der Waals surface area contributed by atoms with Gasteiger partial charge in [-0.3, -0.25) is 0 Å². The van der Waals surface area contributed by atoms with Gasteiger partial charge in [-0.2, -0.15) is 0 Å². The number of alkyl halides is 3. The van der Waals surface area contributed by atoms with Crippen LogP contribution in [-0.4, -0.2) is 41.1 Å². The first-order chi connectivity index (χ1) is 9.39. The molecule has 4 nitrogen and oxygen atoms in total. The van der Waals surface area contributed by atoms with Crippen LogP contribution in [-0.2, 0) is 11.0 Å². The van der Waals surface area contributed by atoms with E-state index in [1.165, 1.54) is 18.2 Å². The number of ether oxygens (including phenoxy) is 1. The number of nitrogens with zero attached hydrogens (tertiary/aromatic N) is 1. The predicted molar refractivity (Wildman–Crippen MR) is 66.4 cm³/mol. The summed E-state index contributed by atoms with van der Waals surface area (Å²) in [4.78, 5) is 0.0620. The van der Waals surface area contributed by atoms with Gasteiger partial charge in [-0.1, -0.05) is 12.1 Å². The Balaban J connectivity index is 1.75. The fraction of sp³-hybridized carbons (Fsp3) is 0.500. The van der Waals surface area contributed by atoms with Gasteiger partial charge in [-0.15, -0.1) is 13.2 Å². The molecule has 1 N–H and O–H groups in total. The topological polar surface area (TPSA) is 41.6 Å². The van der Waals surface area contributed by atoms with E-state index >= 15 is 0 Å². The molecule has 2 heterocycles. The number of hydrogen-bond donors (Lipinski definition) is 1. The molecule has 0 bridgehead atoms. The van der Waals surface area contributed by atoms with E-state index in [4.69, 9.17) is 0 Å². The van der Waals surface area contributed by atoms with Gasteiger partial charge in [0, 0.05) is 31.6 Å². The minimum absolute atomic E-state index is 0.0620. The lowest BCUT2D eigenvalue weighted by atomic mass is 9.76. The van der Waals surface area contributed by atoms with Crippen molar-refractivity contribution < 1.29 is 22.1 Å². The van der Waals surface area contributed by atoms with Crippen LogP contribution in [0.25, 0.3) is 0 Å². The molecule has 0 saturated carbocycles. The molecule has 8 heteroatoms. The van der Waals surface area contributed by atoms with Crippen LogP contribution in [0.3, 0.4) is 0 Å². The van der Waals surface area contributed by atoms with Crippen LogP contribution in [0.15, 0.2) is 29.2 Å². The van der Waals surface area contributed by atoms with Gasteiger partial charge < -0.3 is 10.1 Å². The maximum atomic E-state index is 12.3. The quantitative estimate of drug-likeness (QED) is 0.920. The molecular weight excluding hydrogens is 293 g/mol. The minimum Gasteiger partial charge on any atom is -0.404 e. The third kappa shape index (κ3) is 2.55. The molecule has 1 unspecified atom stereocenters. The van der Waals surface area contributed by atoms with Gasteiger partial charge in [0.2, 0.25) is 0 Å². The van der Waals surface area contributed by atoms with Gasteiger partial charge in [0.25, 0.3) is 0 Å². The Kier molecular flexibility index (Phi) is 3.26. The van der Waals surface area contributed by atoms with Gasteiger partial charge in [0.05, 0.1) is 4.90 Å². The zero-order valence-electron chi connectivity index (χ0n) is 10.4. The van der Waals surface area contributed by atoms with Crippen molar-refractivity contribution >= 4 is 11.0 Å². The average Bonchev–Trinajstić information content (AvgIpc) is 2.23. The molecular formula is C12H13F3N2O2S. The maximum Gasteiger partial charge on any atom is 0.573 e. The van der Waals surface area contributed by atoms with Crippen LogP contribution < -0.4 is 10.1 Å². The van der Waals surface area contributed by atoms with Crippen LogP contribution in [0.4, 0.5) is 13.2 Å². The molecule has 2 saturated heterocycles. The van der Waals surface area contributed by atoms with Crippen LogP contribution in [0.2, 0.25) is 0 Å². The summed E-state index contributed by atoms with van der Waals surface area (Å²) < 4.78 is 54.9. The third-order valence-electron chi connectivity index (χ3n) is 3.52. The number of benzene rings is 1. The Labute approximate surface area is 116 Å². The van der Waals surface area contributed by atoms with Crippen molar-refractivity contribution in [2.45, 2.75) is 11.3 Å². The summed E-state index contributed by atoms with van der Waals surface area (Å²) in [6.45, 7) is 3.02. The van der Waals surface area contributed by atoms with Crippen molar-refractivity contribution in [2.75, 3.05) is 26.2 Å². The summed E-state index contributed by atoms with van der Waals surface area (Å²) >= 11 is 0. The first-order valence-electron chi connectivity index (χ1n) is 6.11. The van der Waals surface area contributed by atoms with Crippen molar-refractivity contribution in [3.63, 3.8) is 0 Å². The molecule has 20 heavy (non-hydrogen) atoms. The lowest BCUT2D eigenvalue weighted by Gasteiger charge is -2.55. The number of hydrogen-bond acceptors (Lipinski definition) is 3. The number of nitrogens with one attached hydrogen (secondary N) is 1. The highest BCUT2D eigenvalue weighted by molar-refractivity contribution is 7.82. The molecule has 1 aromatic carbocycles. The molecule has 1 atom stereocenters. The van der Waals surface area contributed by atoms with Gasteiger partial charge in [-0.05, 0) is 12.1 Å². The van der Waals surface area contributed by atoms with E-state index in [1.54, 1.807) is 10.4 Å². The van der Waals surface area contributed by atoms with Crippen LogP contribution in [0.5, 0.6) is 5.75 Å². The second kappa shape index (κ2) is 4.71. The second-order valence-corrected chi connectivity index (χ2v) is 6.60. The zero-order chi connectivity index (χ0) is 14.4. The van der Waals surface area contributed by atoms with E-state index in [-0.39, 0.29) is 10.3 Å². The average molecular weight is 306 g/mol. The third-order valence-corrected chi connectivity index (χ3v) is 4.96. The Bertz CT molecular complexity index is 538. The van der Waals surface area contributed by atoms with Crippen molar-refractivity contribution in [3.05, 3.63) is 24.3 Å². The van der Waals surface area contributed by atoms with Crippen LogP contribution in [0.1, 0.15) is 0 Å². The highest BCUT2D eigenvalue weighted by Gasteiger charge is 2.50. The van der Waals surface area contributed by atoms with E-state index in [0.717, 1.165) is 13.1 Å². The van der Waals surface area contributed by atoms with Crippen molar-refractivity contribution in [3.8, 4) is 5.75 Å². The molecule has 1 aromatic rings. The van der Waals surface area contributed by atoms with E-state index in [2.05, 4.69) is 10.1 Å². The summed E-state index contributed by atoms with van der Waals surface area (Å²) in [6.07, 6.45) is -4.78. The van der Waals surface area contributed by atoms with Crippen molar-refractivity contribution in [1.29, 1.82) is 0 Å². The van der Waals surface area contributed by atoms with Crippen molar-refractivity contribution in [1.82, 2.24) is 9.62 Å². The summed E-state index contributed by atoms with van der Waals surface area (Å²) in [7, 11) is -1.62. The van der Waals surface area contributed by atoms with Crippen LogP contribution >= 0.6 is 0 Å². The smallest absolute Gasteiger partial charge is 0.404 e. The lowest BCUT2D eigenvalue weighted by molar-refractivity contribution is -0.275. The normalized spacial score (nSPS) is 22.9. The SMILES string of the molecule is O=S(c1ccccc1OC(F)(F)F)N1CC2(CNC2)C1. The Morgan fingerprint density at radius 1 is 1.25 bits per heavy atom. The van der Waals surface area contributed by atoms with E-state index in [9.17, 15) is 17.4 Å². The lowest BCUT2D eigenvalue weighted by Crippen LogP contribution is -2.71. The number of para-hydroxylation sites is 1. The molecule has 0 radical (unpaired) electrons. The summed E-state index contributed by atoms with van der Waals surface area (Å²) in [5, 5.41) is 3.15. The first-order valence-corrected chi connectivity index (χ1v) is 7.22. The van der Waals surface area contributed by atoms with Crippen molar-refractivity contribution in [2.24, 2.45) is 5.41 Å². The maximum absolute atomic E-state index is 12.3. The van der Waals surface area contributed by atoms with E-state index in [1.807, 2.05) is 0 Å². The number of halogens is 3. The predicted octanol–water partition coefficient (Wildman–Crippen LogP) is 1.51. The molecule has 2 aliphatic heterocycles. The highest BCUT2D eigenvalue weighted by Crippen LogP contribution is 2.38. The van der Waals surface area contributed by atoms with Gasteiger partial charge in [0.1, 0.15) is 16.7 Å². The largest absolute Gasteiger partial charge is 0.573 e. The Hall–Kier alpha value is -1.12. The summed E-state index contributed by atoms with van der Waals surface area (Å²) in [6, 6.07) is 5.56. The fourth-order valence-electron chi connectivity index (χ4n) is 2.46. The molecule has 0 aromatic heterocycles. The highest BCUT2D eigenvalue weighted by atomic mass is 32.2. The Morgan fingerprint density at radius 2 is 1.90 bits per heavy atom. The van der Waals surface area contributed by atoms with E-state index < -0.39 is 23.1 Å². The van der Waals surface area contributed by atoms with Gasteiger partial charge in [0.15, 0.2) is 0 Å². The molecule has 1 spiro atoms. The van der Waals surface area contributed by atoms with Gasteiger partial charge in [-0.25, -0.2) is 8.51 Å². The molecule has 0 amide bonds. The second-order valence-electron chi connectivity index (χ2n) is 5.15. The van der Waals surface area contributed by atoms with E-state index in [0.29, 0.717) is 13.1 Å². The molecule has 3 rings (SSSR count). The number of rotatable bonds is 3. The standard InChI is InChI=1S/C12H13F3N2O2S/c13-12(14,15)19-9-3-1-2-4-10(9)20(18)17-7-11(8-17)5-16-6-11/h1-4,16H,5-8H2. The molecule has 110 valence electrons. The Morgan fingerprint density at radius 3 is 2.45 bits per heavy atom. The van der Waals surface area contributed by atoms with Gasteiger partial charge >= 0.3 is 6.36 Å². The summed E-state index contributed by atoms with van der Waals surface area (Å²) in [5.41, 5.74) is 0.162. The first kappa shape index (κ1) is 13.8. The molecule has 2 aliphatic rings. The van der Waals surface area contributed by atoms with Crippen LogP contribution in [0, 0.1) is 5.41 Å². The molecule has 2 fully saturated rings. The summed E-state index contributed by atoms with van der Waals surface area (Å²) in [5.74, 6) is -0.397. The minimum atomic E-state index is -4.78. The molecule has 0 aliphatic carbocycles.